The molecule has 2 fully saturated rings. The van der Waals surface area contributed by atoms with E-state index < -0.39 is 0 Å². The first-order valence-electron chi connectivity index (χ1n) is 7.95. The molecule has 2 atom stereocenters. The topological polar surface area (TPSA) is 55.3 Å². The number of carbonyl (C=O) groups excluding carboxylic acids is 1. The summed E-state index contributed by atoms with van der Waals surface area (Å²) in [7, 11) is 0. The molecule has 2 heterocycles. The number of amides is 1. The van der Waals surface area contributed by atoms with Gasteiger partial charge in [-0.15, -0.1) is 0 Å². The van der Waals surface area contributed by atoms with Gasteiger partial charge < -0.3 is 9.64 Å². The molecule has 1 aromatic heterocycles. The molecule has 1 aromatic rings. The van der Waals surface area contributed by atoms with Crippen molar-refractivity contribution in [3.8, 4) is 0 Å². The third-order valence-corrected chi connectivity index (χ3v) is 4.55. The van der Waals surface area contributed by atoms with E-state index in [1.165, 1.54) is 12.8 Å². The van der Waals surface area contributed by atoms with E-state index in [-0.39, 0.29) is 18.1 Å². The van der Waals surface area contributed by atoms with Gasteiger partial charge in [0.15, 0.2) is 0 Å². The molecule has 114 valence electrons. The van der Waals surface area contributed by atoms with E-state index in [4.69, 9.17) is 4.74 Å². The lowest BCUT2D eigenvalue weighted by molar-refractivity contribution is -0.0753. The summed E-state index contributed by atoms with van der Waals surface area (Å²) in [6.07, 6.45) is 7.16. The zero-order valence-electron chi connectivity index (χ0n) is 12.8. The van der Waals surface area contributed by atoms with E-state index in [2.05, 4.69) is 9.97 Å². The number of hydrogen-bond acceptors (Lipinski definition) is 4. The first-order chi connectivity index (χ1) is 10.2. The Hall–Kier alpha value is -1.49. The second kappa shape index (κ2) is 6.10. The van der Waals surface area contributed by atoms with E-state index in [0.29, 0.717) is 18.7 Å². The maximum absolute atomic E-state index is 12.9. The van der Waals surface area contributed by atoms with Crippen LogP contribution in [0.15, 0.2) is 6.20 Å². The standard InChI is InChI=1S/C16H23N3O2/c1-3-13-12(10-17-11(2)18-13)16(20)19-8-9-21-15-7-5-4-6-14(15)19/h10,14-15H,3-9H2,1-2H3/t14-,15-/m0/s1. The van der Waals surface area contributed by atoms with Crippen molar-refractivity contribution in [3.63, 3.8) is 0 Å². The van der Waals surface area contributed by atoms with Crippen molar-refractivity contribution >= 4 is 5.91 Å². The molecule has 5 heteroatoms. The molecular formula is C16H23N3O2. The highest BCUT2D eigenvalue weighted by molar-refractivity contribution is 5.95. The molecule has 2 aliphatic rings. The normalized spacial score (nSPS) is 25.5. The molecule has 0 unspecified atom stereocenters. The van der Waals surface area contributed by atoms with Crippen molar-refractivity contribution in [2.45, 2.75) is 58.1 Å². The molecular weight excluding hydrogens is 266 g/mol. The second-order valence-electron chi connectivity index (χ2n) is 5.89. The van der Waals surface area contributed by atoms with E-state index in [9.17, 15) is 4.79 Å². The molecule has 5 nitrogen and oxygen atoms in total. The third kappa shape index (κ3) is 2.79. The minimum absolute atomic E-state index is 0.0760. The molecule has 1 aliphatic carbocycles. The summed E-state index contributed by atoms with van der Waals surface area (Å²) in [5.41, 5.74) is 1.51. The fourth-order valence-electron chi connectivity index (χ4n) is 3.47. The van der Waals surface area contributed by atoms with Crippen LogP contribution >= 0.6 is 0 Å². The summed E-state index contributed by atoms with van der Waals surface area (Å²) in [6.45, 7) is 5.21. The lowest BCUT2D eigenvalue weighted by Gasteiger charge is -2.43. The van der Waals surface area contributed by atoms with Crippen molar-refractivity contribution in [1.29, 1.82) is 0 Å². The number of ether oxygens (including phenoxy) is 1. The van der Waals surface area contributed by atoms with Gasteiger partial charge in [0, 0.05) is 12.7 Å². The van der Waals surface area contributed by atoms with Crippen molar-refractivity contribution in [1.82, 2.24) is 14.9 Å². The lowest BCUT2D eigenvalue weighted by atomic mass is 9.89. The first kappa shape index (κ1) is 14.4. The van der Waals surface area contributed by atoms with Gasteiger partial charge in [-0.3, -0.25) is 4.79 Å². The van der Waals surface area contributed by atoms with Gasteiger partial charge in [0.25, 0.3) is 5.91 Å². The van der Waals surface area contributed by atoms with Crippen LogP contribution in [-0.4, -0.2) is 46.1 Å². The summed E-state index contributed by atoms with van der Waals surface area (Å²) in [6, 6.07) is 0.228. The van der Waals surface area contributed by atoms with Crippen LogP contribution < -0.4 is 0 Å². The zero-order chi connectivity index (χ0) is 14.8. The van der Waals surface area contributed by atoms with Gasteiger partial charge >= 0.3 is 0 Å². The van der Waals surface area contributed by atoms with Crippen LogP contribution in [0.1, 0.15) is 54.5 Å². The molecule has 1 saturated carbocycles. The highest BCUT2D eigenvalue weighted by Gasteiger charge is 2.37. The summed E-state index contributed by atoms with van der Waals surface area (Å²) in [4.78, 5) is 23.6. The van der Waals surface area contributed by atoms with Gasteiger partial charge in [0.05, 0.1) is 30.0 Å². The number of rotatable bonds is 2. The fourth-order valence-corrected chi connectivity index (χ4v) is 3.47. The molecule has 3 rings (SSSR count). The predicted octanol–water partition coefficient (Wildman–Crippen LogP) is 2.13. The van der Waals surface area contributed by atoms with Crippen LogP contribution in [0.4, 0.5) is 0 Å². The molecule has 1 saturated heterocycles. The first-order valence-corrected chi connectivity index (χ1v) is 7.95. The molecule has 1 aliphatic heterocycles. The smallest absolute Gasteiger partial charge is 0.257 e. The minimum atomic E-state index is 0.0760. The number of nitrogens with zero attached hydrogens (tertiary/aromatic N) is 3. The van der Waals surface area contributed by atoms with Crippen LogP contribution in [0.25, 0.3) is 0 Å². The van der Waals surface area contributed by atoms with Crippen LogP contribution in [0.5, 0.6) is 0 Å². The van der Waals surface area contributed by atoms with Crippen molar-refractivity contribution in [2.75, 3.05) is 13.2 Å². The Bertz CT molecular complexity index is 530. The second-order valence-corrected chi connectivity index (χ2v) is 5.89. The fraction of sp³-hybridized carbons (Fsp3) is 0.688. The minimum Gasteiger partial charge on any atom is -0.374 e. The number of morpholine rings is 1. The largest absolute Gasteiger partial charge is 0.374 e. The third-order valence-electron chi connectivity index (χ3n) is 4.55. The number of fused-ring (bicyclic) bond motifs is 1. The van der Waals surface area contributed by atoms with Crippen LogP contribution in [0, 0.1) is 6.92 Å². The average molecular weight is 289 g/mol. The van der Waals surface area contributed by atoms with Gasteiger partial charge in [-0.25, -0.2) is 9.97 Å². The zero-order valence-corrected chi connectivity index (χ0v) is 12.8. The summed E-state index contributed by atoms with van der Waals surface area (Å²) < 4.78 is 5.85. The van der Waals surface area contributed by atoms with Gasteiger partial charge in [0.1, 0.15) is 5.82 Å². The molecule has 0 N–H and O–H groups in total. The quantitative estimate of drug-likeness (QED) is 0.837. The highest BCUT2D eigenvalue weighted by Crippen LogP contribution is 2.29. The Labute approximate surface area is 125 Å². The monoisotopic (exact) mass is 289 g/mol. The maximum atomic E-state index is 12.9. The van der Waals surface area contributed by atoms with Crippen molar-refractivity contribution < 1.29 is 9.53 Å². The Morgan fingerprint density at radius 2 is 2.24 bits per heavy atom. The average Bonchev–Trinajstić information content (AvgIpc) is 2.53. The van der Waals surface area contributed by atoms with Crippen LogP contribution in [0.3, 0.4) is 0 Å². The van der Waals surface area contributed by atoms with Crippen molar-refractivity contribution in [3.05, 3.63) is 23.3 Å². The van der Waals surface area contributed by atoms with Gasteiger partial charge in [-0.05, 0) is 26.2 Å². The van der Waals surface area contributed by atoms with Crippen LogP contribution in [-0.2, 0) is 11.2 Å². The Morgan fingerprint density at radius 3 is 3.05 bits per heavy atom. The van der Waals surface area contributed by atoms with Gasteiger partial charge in [-0.2, -0.15) is 0 Å². The molecule has 0 radical (unpaired) electrons. The Kier molecular flexibility index (Phi) is 4.19. The summed E-state index contributed by atoms with van der Waals surface area (Å²) >= 11 is 0. The number of aromatic nitrogens is 2. The molecule has 0 spiro atoms. The summed E-state index contributed by atoms with van der Waals surface area (Å²) in [5.74, 6) is 0.799. The molecule has 21 heavy (non-hydrogen) atoms. The molecule has 0 bridgehead atoms. The van der Waals surface area contributed by atoms with E-state index >= 15 is 0 Å². The van der Waals surface area contributed by atoms with E-state index in [1.807, 2.05) is 18.7 Å². The molecule has 0 aromatic carbocycles. The van der Waals surface area contributed by atoms with Gasteiger partial charge in [-0.1, -0.05) is 19.8 Å². The maximum Gasteiger partial charge on any atom is 0.257 e. The number of aryl methyl sites for hydroxylation is 2. The number of carbonyl (C=O) groups is 1. The van der Waals surface area contributed by atoms with Crippen LogP contribution in [0.2, 0.25) is 0 Å². The Morgan fingerprint density at radius 1 is 1.43 bits per heavy atom. The lowest BCUT2D eigenvalue weighted by Crippen LogP contribution is -2.55. The van der Waals surface area contributed by atoms with Crippen molar-refractivity contribution in [2.24, 2.45) is 0 Å². The molecule has 1 amide bonds. The van der Waals surface area contributed by atoms with Gasteiger partial charge in [0.2, 0.25) is 0 Å². The predicted molar refractivity (Wildman–Crippen MR) is 79.2 cm³/mol. The summed E-state index contributed by atoms with van der Waals surface area (Å²) in [5, 5.41) is 0. The Balaban J connectivity index is 1.87. The number of hydrogen-bond donors (Lipinski definition) is 0. The van der Waals surface area contributed by atoms with E-state index in [0.717, 1.165) is 30.8 Å². The van der Waals surface area contributed by atoms with E-state index in [1.54, 1.807) is 6.20 Å². The highest BCUT2D eigenvalue weighted by atomic mass is 16.5. The SMILES string of the molecule is CCc1nc(C)ncc1C(=O)N1CCO[C@H]2CCCC[C@@H]21.